The number of anilines is 1. The molecule has 2 aromatic carbocycles. The van der Waals surface area contributed by atoms with Gasteiger partial charge in [-0.15, -0.1) is 0 Å². The van der Waals surface area contributed by atoms with Gasteiger partial charge in [-0.25, -0.2) is 19.5 Å². The third kappa shape index (κ3) is 5.35. The maximum Gasteiger partial charge on any atom is 0.419 e. The molecule has 1 saturated carbocycles. The number of carbonyl (C=O) groups is 1. The summed E-state index contributed by atoms with van der Waals surface area (Å²) in [5.41, 5.74) is -0.0464. The maximum atomic E-state index is 15.0. The molecule has 2 aromatic heterocycles. The number of rotatable bonds is 6. The lowest BCUT2D eigenvalue weighted by molar-refractivity contribution is -0.138. The topological polar surface area (TPSA) is 104 Å². The Bertz CT molecular complexity index is 1780. The smallest absolute Gasteiger partial charge is 0.419 e. The van der Waals surface area contributed by atoms with Crippen LogP contribution in [0.4, 0.5) is 23.5 Å². The van der Waals surface area contributed by atoms with Gasteiger partial charge in [-0.05, 0) is 55.2 Å². The number of hydrogen-bond donors (Lipinski definition) is 1. The minimum atomic E-state index is -4.51. The number of alkyl halides is 3. The zero-order chi connectivity index (χ0) is 30.6. The SMILES string of the molecule is O=C(c1cc(Cc2n[nH]c(=O)c3ccc(OC4CCC4)cc23)ccc1F)N1CC2CN(c3ncc(C(F)(F)F)cn3)CC2C1. The van der Waals surface area contributed by atoms with Gasteiger partial charge in [0.25, 0.3) is 11.5 Å². The van der Waals surface area contributed by atoms with Crippen LogP contribution in [0.1, 0.15) is 46.4 Å². The third-order valence-electron chi connectivity index (χ3n) is 8.85. The molecule has 4 heterocycles. The quantitative estimate of drug-likeness (QED) is 0.319. The Balaban J connectivity index is 1.05. The monoisotopic (exact) mass is 608 g/mol. The summed E-state index contributed by atoms with van der Waals surface area (Å²) < 4.78 is 59.6. The van der Waals surface area contributed by atoms with Gasteiger partial charge in [-0.1, -0.05) is 6.07 Å². The molecule has 2 aliphatic heterocycles. The van der Waals surface area contributed by atoms with Gasteiger partial charge in [0, 0.05) is 62.2 Å². The van der Waals surface area contributed by atoms with E-state index in [4.69, 9.17) is 4.74 Å². The van der Waals surface area contributed by atoms with Crippen LogP contribution in [0.3, 0.4) is 0 Å². The highest BCUT2D eigenvalue weighted by Gasteiger charge is 2.43. The fraction of sp³-hybridized carbons (Fsp3) is 0.387. The predicted molar refractivity (Wildman–Crippen MR) is 152 cm³/mol. The first-order chi connectivity index (χ1) is 21.1. The number of likely N-dealkylation sites (tertiary alicyclic amines) is 1. The number of nitrogens with zero attached hydrogens (tertiary/aromatic N) is 5. The van der Waals surface area contributed by atoms with Crippen molar-refractivity contribution >= 4 is 22.6 Å². The highest BCUT2D eigenvalue weighted by Crippen LogP contribution is 2.35. The molecule has 0 bridgehead atoms. The van der Waals surface area contributed by atoms with Crippen molar-refractivity contribution < 1.29 is 27.1 Å². The first kappa shape index (κ1) is 28.2. The number of carbonyl (C=O) groups excluding carboxylic acids is 1. The standard InChI is InChI=1S/C31H28F4N6O3/c32-26-7-4-17(9-27-24-10-22(44-21-2-1-3-21)5-6-23(24)28(42)39-38-27)8-25(26)29(43)40-13-18-15-41(16-19(18)14-40)30-36-11-20(12-37-30)31(33,34)35/h4-8,10-12,18-19,21H,1-3,9,13-16H2,(H,39,42). The number of nitrogens with one attached hydrogen (secondary N) is 1. The average molecular weight is 609 g/mol. The van der Waals surface area contributed by atoms with E-state index >= 15 is 0 Å². The largest absolute Gasteiger partial charge is 0.490 e. The summed E-state index contributed by atoms with van der Waals surface area (Å²) in [6, 6.07) is 9.68. The molecule has 2 atom stereocenters. The second kappa shape index (κ2) is 10.9. The lowest BCUT2D eigenvalue weighted by atomic mass is 9.96. The summed E-state index contributed by atoms with van der Waals surface area (Å²) in [6.07, 6.45) is 0.586. The summed E-state index contributed by atoms with van der Waals surface area (Å²) in [5, 5.41) is 7.90. The summed E-state index contributed by atoms with van der Waals surface area (Å²) in [4.78, 5) is 37.2. The Morgan fingerprint density at radius 1 is 0.977 bits per heavy atom. The van der Waals surface area contributed by atoms with Gasteiger partial charge in [0.1, 0.15) is 11.6 Å². The van der Waals surface area contributed by atoms with E-state index in [-0.39, 0.29) is 41.4 Å². The Morgan fingerprint density at radius 3 is 2.36 bits per heavy atom. The van der Waals surface area contributed by atoms with Gasteiger partial charge in [0.2, 0.25) is 5.95 Å². The van der Waals surface area contributed by atoms with Gasteiger partial charge in [0.15, 0.2) is 0 Å². The Kier molecular flexibility index (Phi) is 6.97. The molecule has 0 radical (unpaired) electrons. The predicted octanol–water partition coefficient (Wildman–Crippen LogP) is 4.60. The molecular formula is C31H28F4N6O3. The second-order valence-corrected chi connectivity index (χ2v) is 11.8. The van der Waals surface area contributed by atoms with Crippen LogP contribution in [0, 0.1) is 17.7 Å². The fourth-order valence-electron chi connectivity index (χ4n) is 6.25. The Hall–Kier alpha value is -4.55. The van der Waals surface area contributed by atoms with Crippen LogP contribution in [-0.4, -0.2) is 63.3 Å². The molecule has 0 spiro atoms. The third-order valence-corrected chi connectivity index (χ3v) is 8.85. The molecule has 2 saturated heterocycles. The molecule has 9 nitrogen and oxygen atoms in total. The number of fused-ring (bicyclic) bond motifs is 2. The van der Waals surface area contributed by atoms with Crippen molar-refractivity contribution in [3.8, 4) is 5.75 Å². The summed E-state index contributed by atoms with van der Waals surface area (Å²) >= 11 is 0. The number of benzene rings is 2. The van der Waals surface area contributed by atoms with Crippen molar-refractivity contribution in [2.75, 3.05) is 31.1 Å². The van der Waals surface area contributed by atoms with Crippen LogP contribution in [0.15, 0.2) is 53.6 Å². The Morgan fingerprint density at radius 2 is 1.70 bits per heavy atom. The number of aromatic nitrogens is 4. The van der Waals surface area contributed by atoms with Gasteiger partial charge < -0.3 is 14.5 Å². The highest BCUT2D eigenvalue weighted by atomic mass is 19.4. The second-order valence-electron chi connectivity index (χ2n) is 11.8. The van der Waals surface area contributed by atoms with Gasteiger partial charge in [-0.2, -0.15) is 18.3 Å². The van der Waals surface area contributed by atoms with Crippen molar-refractivity contribution in [1.29, 1.82) is 0 Å². The molecule has 7 rings (SSSR count). The number of aromatic amines is 1. The summed E-state index contributed by atoms with van der Waals surface area (Å²) in [5.74, 6) is -0.0612. The van der Waals surface area contributed by atoms with Crippen LogP contribution in [0.5, 0.6) is 5.75 Å². The van der Waals surface area contributed by atoms with Crippen LogP contribution < -0.4 is 15.2 Å². The molecule has 2 unspecified atom stereocenters. The van der Waals surface area contributed by atoms with Crippen molar-refractivity contribution in [3.05, 3.63) is 87.3 Å². The van der Waals surface area contributed by atoms with E-state index in [1.165, 1.54) is 12.1 Å². The fourth-order valence-corrected chi connectivity index (χ4v) is 6.25. The van der Waals surface area contributed by atoms with Crippen molar-refractivity contribution in [2.24, 2.45) is 11.8 Å². The molecule has 4 aromatic rings. The minimum Gasteiger partial charge on any atom is -0.490 e. The zero-order valence-corrected chi connectivity index (χ0v) is 23.5. The molecule has 44 heavy (non-hydrogen) atoms. The lowest BCUT2D eigenvalue weighted by Crippen LogP contribution is -2.34. The number of amides is 1. The van der Waals surface area contributed by atoms with Crippen LogP contribution in [0.2, 0.25) is 0 Å². The maximum absolute atomic E-state index is 15.0. The minimum absolute atomic E-state index is 0.0480. The summed E-state index contributed by atoms with van der Waals surface area (Å²) in [6.45, 7) is 1.75. The molecule has 3 fully saturated rings. The van der Waals surface area contributed by atoms with E-state index in [1.807, 2.05) is 11.0 Å². The first-order valence-electron chi connectivity index (χ1n) is 14.5. The molecule has 1 amide bonds. The van der Waals surface area contributed by atoms with Crippen LogP contribution in [0.25, 0.3) is 10.8 Å². The molecule has 13 heteroatoms. The van der Waals surface area contributed by atoms with Crippen LogP contribution in [-0.2, 0) is 12.6 Å². The molecule has 1 aliphatic carbocycles. The van der Waals surface area contributed by atoms with Crippen LogP contribution >= 0.6 is 0 Å². The normalized spacial score (nSPS) is 20.2. The van der Waals surface area contributed by atoms with Crippen molar-refractivity contribution in [3.63, 3.8) is 0 Å². The molecule has 3 aliphatic rings. The van der Waals surface area contributed by atoms with E-state index in [2.05, 4.69) is 20.2 Å². The van der Waals surface area contributed by atoms with E-state index in [1.54, 1.807) is 23.1 Å². The van der Waals surface area contributed by atoms with Crippen molar-refractivity contribution in [1.82, 2.24) is 25.1 Å². The Labute approximate surface area is 248 Å². The molecule has 228 valence electrons. The van der Waals surface area contributed by atoms with E-state index in [0.717, 1.165) is 31.7 Å². The van der Waals surface area contributed by atoms with E-state index < -0.39 is 23.5 Å². The number of halogens is 4. The number of ether oxygens (including phenoxy) is 1. The first-order valence-corrected chi connectivity index (χ1v) is 14.5. The lowest BCUT2D eigenvalue weighted by Gasteiger charge is -2.26. The van der Waals surface area contributed by atoms with Gasteiger partial charge in [-0.3, -0.25) is 9.59 Å². The number of H-pyrrole nitrogens is 1. The highest BCUT2D eigenvalue weighted by molar-refractivity contribution is 5.95. The average Bonchev–Trinajstić information content (AvgIpc) is 3.57. The van der Waals surface area contributed by atoms with Gasteiger partial charge >= 0.3 is 6.18 Å². The summed E-state index contributed by atoms with van der Waals surface area (Å²) in [7, 11) is 0. The molecular weight excluding hydrogens is 580 g/mol. The van der Waals surface area contributed by atoms with Crippen molar-refractivity contribution in [2.45, 2.75) is 38.0 Å². The number of hydrogen-bond acceptors (Lipinski definition) is 7. The zero-order valence-electron chi connectivity index (χ0n) is 23.5. The van der Waals surface area contributed by atoms with E-state index in [9.17, 15) is 27.2 Å². The molecule has 1 N–H and O–H groups in total. The van der Waals surface area contributed by atoms with E-state index in [0.29, 0.717) is 54.0 Å². The van der Waals surface area contributed by atoms with Gasteiger partial charge in [0.05, 0.1) is 28.3 Å².